The topological polar surface area (TPSA) is 64.7 Å². The van der Waals surface area contributed by atoms with Gasteiger partial charge in [0.2, 0.25) is 0 Å². The van der Waals surface area contributed by atoms with Crippen molar-refractivity contribution in [3.8, 4) is 11.5 Å². The molecule has 0 saturated carbocycles. The minimum absolute atomic E-state index is 0.0155. The molecule has 0 aliphatic carbocycles. The summed E-state index contributed by atoms with van der Waals surface area (Å²) in [6, 6.07) is 11.9. The number of aryl methyl sites for hydroxylation is 1. The highest BCUT2D eigenvalue weighted by Crippen LogP contribution is 2.21. The zero-order valence-corrected chi connectivity index (χ0v) is 11.8. The summed E-state index contributed by atoms with van der Waals surface area (Å²) >= 11 is 0. The first kappa shape index (κ1) is 15.1. The maximum atomic E-state index is 13.7. The van der Waals surface area contributed by atoms with Crippen molar-refractivity contribution in [2.45, 2.75) is 13.0 Å². The Morgan fingerprint density at radius 1 is 1.05 bits per heavy atom. The Morgan fingerprint density at radius 2 is 1.67 bits per heavy atom. The van der Waals surface area contributed by atoms with E-state index < -0.39 is 11.9 Å². The number of aliphatic hydroxyl groups is 1. The van der Waals surface area contributed by atoms with E-state index in [9.17, 15) is 9.50 Å². The molecule has 2 aromatic carbocycles. The lowest BCUT2D eigenvalue weighted by molar-refractivity contribution is 0.0615. The van der Waals surface area contributed by atoms with E-state index in [1.54, 1.807) is 43.3 Å². The molecule has 1 unspecified atom stereocenters. The van der Waals surface area contributed by atoms with Crippen molar-refractivity contribution in [2.75, 3.05) is 18.9 Å². The van der Waals surface area contributed by atoms with Crippen LogP contribution in [0.1, 0.15) is 5.56 Å². The average Bonchev–Trinajstić information content (AvgIpc) is 2.48. The smallest absolute Gasteiger partial charge is 0.167 e. The molecule has 0 bridgehead atoms. The average molecular weight is 291 g/mol. The number of nitrogens with two attached hydrogens (primary N) is 1. The van der Waals surface area contributed by atoms with E-state index in [0.717, 1.165) is 0 Å². The van der Waals surface area contributed by atoms with Gasteiger partial charge in [-0.25, -0.2) is 4.39 Å². The van der Waals surface area contributed by atoms with Crippen molar-refractivity contribution in [1.29, 1.82) is 0 Å². The zero-order valence-electron chi connectivity index (χ0n) is 11.8. The Kier molecular flexibility index (Phi) is 5.00. The van der Waals surface area contributed by atoms with E-state index in [1.165, 1.54) is 6.07 Å². The Hall–Kier alpha value is -2.27. The molecule has 0 radical (unpaired) electrons. The third-order valence-corrected chi connectivity index (χ3v) is 2.94. The SMILES string of the molecule is Cc1cccc(OCC(O)COc2ccccc2N)c1F. The molecule has 2 rings (SSSR count). The lowest BCUT2D eigenvalue weighted by Gasteiger charge is -2.15. The van der Waals surface area contributed by atoms with Gasteiger partial charge >= 0.3 is 0 Å². The molecule has 2 aromatic rings. The van der Waals surface area contributed by atoms with Crippen molar-refractivity contribution >= 4 is 5.69 Å². The number of hydrogen-bond acceptors (Lipinski definition) is 4. The summed E-state index contributed by atoms with van der Waals surface area (Å²) in [6.45, 7) is 1.61. The van der Waals surface area contributed by atoms with Gasteiger partial charge in [0.15, 0.2) is 11.6 Å². The molecule has 0 aliphatic rings. The van der Waals surface area contributed by atoms with Crippen LogP contribution < -0.4 is 15.2 Å². The zero-order chi connectivity index (χ0) is 15.2. The first-order valence-electron chi connectivity index (χ1n) is 6.61. The van der Waals surface area contributed by atoms with Crippen molar-refractivity contribution in [3.63, 3.8) is 0 Å². The number of benzene rings is 2. The normalized spacial score (nSPS) is 12.0. The summed E-state index contributed by atoms with van der Waals surface area (Å²) < 4.78 is 24.4. The molecule has 4 nitrogen and oxygen atoms in total. The van der Waals surface area contributed by atoms with Gasteiger partial charge in [0, 0.05) is 0 Å². The van der Waals surface area contributed by atoms with Crippen molar-refractivity contribution < 1.29 is 19.0 Å². The number of anilines is 1. The number of aliphatic hydroxyl groups excluding tert-OH is 1. The van der Waals surface area contributed by atoms with E-state index in [4.69, 9.17) is 15.2 Å². The van der Waals surface area contributed by atoms with Gasteiger partial charge in [0.05, 0.1) is 5.69 Å². The van der Waals surface area contributed by atoms with Crippen LogP contribution in [0, 0.1) is 12.7 Å². The van der Waals surface area contributed by atoms with Gasteiger partial charge in [0.1, 0.15) is 25.1 Å². The van der Waals surface area contributed by atoms with E-state index in [1.807, 2.05) is 0 Å². The lowest BCUT2D eigenvalue weighted by atomic mass is 10.2. The highest BCUT2D eigenvalue weighted by molar-refractivity contribution is 5.51. The quantitative estimate of drug-likeness (QED) is 0.803. The predicted octanol–water partition coefficient (Wildman–Crippen LogP) is 2.54. The molecule has 5 heteroatoms. The Morgan fingerprint density at radius 3 is 2.38 bits per heavy atom. The fourth-order valence-electron chi connectivity index (χ4n) is 1.76. The fraction of sp³-hybridized carbons (Fsp3) is 0.250. The summed E-state index contributed by atoms with van der Waals surface area (Å²) in [6.07, 6.45) is -0.885. The summed E-state index contributed by atoms with van der Waals surface area (Å²) in [5, 5.41) is 9.81. The van der Waals surface area contributed by atoms with Gasteiger partial charge < -0.3 is 20.3 Å². The molecule has 21 heavy (non-hydrogen) atoms. The number of hydrogen-bond donors (Lipinski definition) is 2. The van der Waals surface area contributed by atoms with Gasteiger partial charge in [0.25, 0.3) is 0 Å². The van der Waals surface area contributed by atoms with Gasteiger partial charge in [-0.3, -0.25) is 0 Å². The van der Waals surface area contributed by atoms with Crippen LogP contribution in [0.2, 0.25) is 0 Å². The molecule has 0 aromatic heterocycles. The van der Waals surface area contributed by atoms with E-state index >= 15 is 0 Å². The second-order valence-electron chi connectivity index (χ2n) is 4.70. The number of para-hydroxylation sites is 2. The predicted molar refractivity (Wildman–Crippen MR) is 79.0 cm³/mol. The maximum Gasteiger partial charge on any atom is 0.167 e. The highest BCUT2D eigenvalue weighted by atomic mass is 19.1. The van der Waals surface area contributed by atoms with E-state index in [-0.39, 0.29) is 19.0 Å². The number of nitrogen functional groups attached to an aromatic ring is 1. The molecule has 1 atom stereocenters. The maximum absolute atomic E-state index is 13.7. The molecular formula is C16H18FNO3. The van der Waals surface area contributed by atoms with Gasteiger partial charge in [-0.2, -0.15) is 0 Å². The molecule has 0 amide bonds. The van der Waals surface area contributed by atoms with Crippen LogP contribution in [0.15, 0.2) is 42.5 Å². The molecule has 0 saturated heterocycles. The van der Waals surface area contributed by atoms with Crippen LogP contribution in [0.4, 0.5) is 10.1 Å². The van der Waals surface area contributed by atoms with Crippen molar-refractivity contribution in [1.82, 2.24) is 0 Å². The third-order valence-electron chi connectivity index (χ3n) is 2.94. The minimum Gasteiger partial charge on any atom is -0.489 e. The second-order valence-corrected chi connectivity index (χ2v) is 4.70. The second kappa shape index (κ2) is 6.95. The third kappa shape index (κ3) is 4.10. The van der Waals surface area contributed by atoms with Gasteiger partial charge in [-0.15, -0.1) is 0 Å². The summed E-state index contributed by atoms with van der Waals surface area (Å²) in [4.78, 5) is 0. The van der Waals surface area contributed by atoms with Crippen LogP contribution in [0.3, 0.4) is 0 Å². The molecular weight excluding hydrogens is 273 g/mol. The highest BCUT2D eigenvalue weighted by Gasteiger charge is 2.11. The van der Waals surface area contributed by atoms with E-state index in [0.29, 0.717) is 17.0 Å². The van der Waals surface area contributed by atoms with Gasteiger partial charge in [-0.1, -0.05) is 24.3 Å². The first-order valence-corrected chi connectivity index (χ1v) is 6.61. The van der Waals surface area contributed by atoms with Crippen LogP contribution >= 0.6 is 0 Å². The van der Waals surface area contributed by atoms with E-state index in [2.05, 4.69) is 0 Å². The number of halogens is 1. The number of rotatable bonds is 6. The van der Waals surface area contributed by atoms with Crippen molar-refractivity contribution in [2.24, 2.45) is 0 Å². The number of ether oxygens (including phenoxy) is 2. The standard InChI is InChI=1S/C16H18FNO3/c1-11-5-4-8-15(16(11)17)21-10-12(19)9-20-14-7-3-2-6-13(14)18/h2-8,12,19H,9-10,18H2,1H3. The monoisotopic (exact) mass is 291 g/mol. The fourth-order valence-corrected chi connectivity index (χ4v) is 1.76. The Balaban J connectivity index is 1.84. The van der Waals surface area contributed by atoms with Crippen LogP contribution in [0.5, 0.6) is 11.5 Å². The first-order chi connectivity index (χ1) is 10.1. The van der Waals surface area contributed by atoms with Crippen LogP contribution in [0.25, 0.3) is 0 Å². The molecule has 3 N–H and O–H groups in total. The summed E-state index contributed by atoms with van der Waals surface area (Å²) in [5.74, 6) is 0.199. The molecule has 0 fully saturated rings. The molecule has 112 valence electrons. The lowest BCUT2D eigenvalue weighted by Crippen LogP contribution is -2.25. The van der Waals surface area contributed by atoms with Crippen molar-refractivity contribution in [3.05, 3.63) is 53.8 Å². The Labute approximate surface area is 122 Å². The summed E-state index contributed by atoms with van der Waals surface area (Å²) in [5.41, 5.74) is 6.71. The Bertz CT molecular complexity index is 604. The van der Waals surface area contributed by atoms with Crippen LogP contribution in [-0.4, -0.2) is 24.4 Å². The van der Waals surface area contributed by atoms with Crippen LogP contribution in [-0.2, 0) is 0 Å². The molecule has 0 aliphatic heterocycles. The largest absolute Gasteiger partial charge is 0.489 e. The molecule has 0 heterocycles. The minimum atomic E-state index is -0.885. The van der Waals surface area contributed by atoms with Gasteiger partial charge in [-0.05, 0) is 30.7 Å². The summed E-state index contributed by atoms with van der Waals surface area (Å²) in [7, 11) is 0. The molecule has 0 spiro atoms.